The van der Waals surface area contributed by atoms with E-state index in [4.69, 9.17) is 41.3 Å². The summed E-state index contributed by atoms with van der Waals surface area (Å²) in [6.07, 6.45) is 13.8. The van der Waals surface area contributed by atoms with Crippen molar-refractivity contribution in [2.45, 2.75) is 20.8 Å². The molecule has 0 atom stereocenters. The zero-order valence-electron chi connectivity index (χ0n) is 73.4. The standard InChI is InChI=1S/C33H39N7O3.2C32H33N7O3/c1-22-8-7-9-23(2)32(22)37-33(41)40(28-15-14-27(42-5)20-29(28)43-6)31-21-30(34-24(3)35-31)36-25-10-12-26(13-11-25)39-18-16-38(4)17-19-39;1-5-23-6-8-25(9-7-23)36-32(40)39(28-15-14-27(41-3)20-29(28)42-4)31-21-30(33-22-34-31)35-24-10-12-26(13-11-24)38-18-16-37(2)17-19-38;1-5-23-6-8-24(9-7-23)35-32(40)39(26-12-10-25(11-13-26)38-18-16-37(2)17-19-38)31-21-30(33-22-34-31)36-28-15-14-27(41-3)20-29(28)42-4/h7-15,20-21H,16-19H2,1-6H3,(H,37,41)(H,34,35,36);1,6-15,20-22H,16-19H2,2-4H3,(H,36,40)(H,33,34,35);1,6-15,20-22H,16-19H2,2-4H3,(H,35,40)(H,33,34,36). The van der Waals surface area contributed by atoms with Crippen LogP contribution in [0.4, 0.5) is 118 Å². The normalized spacial score (nSPS) is 13.2. The Morgan fingerprint density at radius 2 is 0.732 bits per heavy atom. The number of aromatic nitrogens is 6. The Morgan fingerprint density at radius 1 is 0.362 bits per heavy atom. The highest BCUT2D eigenvalue weighted by molar-refractivity contribution is 6.10. The molecule has 30 nitrogen and oxygen atoms in total. The second kappa shape index (κ2) is 42.6. The number of piperazine rings is 3. The van der Waals surface area contributed by atoms with Crippen LogP contribution in [0.3, 0.4) is 0 Å². The maximum absolute atomic E-state index is 14.1. The molecule has 6 amide bonds. The maximum atomic E-state index is 14.1. The molecule has 3 saturated heterocycles. The molecule has 3 aliphatic rings. The number of nitrogens with zero attached hydrogens (tertiary/aromatic N) is 15. The number of anilines is 18. The molecule has 12 aromatic rings. The van der Waals surface area contributed by atoms with Crippen molar-refractivity contribution in [1.82, 2.24) is 44.6 Å². The summed E-state index contributed by atoms with van der Waals surface area (Å²) in [7, 11) is 15.9. The van der Waals surface area contributed by atoms with E-state index in [2.05, 4.69) is 148 Å². The van der Waals surface area contributed by atoms with Gasteiger partial charge in [-0.3, -0.25) is 0 Å². The minimum atomic E-state index is -0.451. The number of methoxy groups -OCH3 is 6. The average Bonchev–Trinajstić information content (AvgIpc) is 0.792. The third-order valence-corrected chi connectivity index (χ3v) is 21.7. The van der Waals surface area contributed by atoms with E-state index in [0.29, 0.717) is 115 Å². The van der Waals surface area contributed by atoms with Crippen LogP contribution in [0.15, 0.2) is 225 Å². The number of hydrogen-bond donors (Lipinski definition) is 6. The first kappa shape index (κ1) is 89.4. The quantitative estimate of drug-likeness (QED) is 0.0307. The minimum Gasteiger partial charge on any atom is -0.497 e. The Bertz CT molecular complexity index is 5820. The van der Waals surface area contributed by atoms with Crippen LogP contribution in [-0.2, 0) is 0 Å². The molecule has 3 aliphatic heterocycles. The fraction of sp³-hybridized carbons (Fsp3) is 0.247. The number of aryl methyl sites for hydroxylation is 3. The van der Waals surface area contributed by atoms with Crippen LogP contribution in [0, 0.1) is 45.5 Å². The second-order valence-corrected chi connectivity index (χ2v) is 30.2. The molecule has 6 N–H and O–H groups in total. The number of benzene rings is 9. The number of nitrogens with one attached hydrogen (secondary N) is 6. The molecular weight excluding hydrogens is 1600 g/mol. The van der Waals surface area contributed by atoms with E-state index in [-0.39, 0.29) is 12.1 Å². The number of urea groups is 3. The van der Waals surface area contributed by atoms with Crippen LogP contribution in [0.25, 0.3) is 0 Å². The lowest BCUT2D eigenvalue weighted by atomic mass is 10.1. The van der Waals surface area contributed by atoms with Gasteiger partial charge in [0.15, 0.2) is 0 Å². The van der Waals surface area contributed by atoms with Crippen molar-refractivity contribution < 1.29 is 42.8 Å². The van der Waals surface area contributed by atoms with Crippen LogP contribution in [0.5, 0.6) is 34.5 Å². The summed E-state index contributed by atoms with van der Waals surface area (Å²) in [5.74, 6) is 11.7. The molecule has 3 aromatic heterocycles. The number of terminal acetylenes is 2. The number of likely N-dealkylation sites (N-methyl/N-ethyl adjacent to an activating group) is 3. The Kier molecular flexibility index (Phi) is 30.0. The van der Waals surface area contributed by atoms with Crippen LogP contribution >= 0.6 is 0 Å². The zero-order chi connectivity index (χ0) is 89.5. The zero-order valence-corrected chi connectivity index (χ0v) is 73.4. The van der Waals surface area contributed by atoms with Gasteiger partial charge in [0, 0.05) is 172 Å². The summed E-state index contributed by atoms with van der Waals surface area (Å²) < 4.78 is 32.9. The van der Waals surface area contributed by atoms with Gasteiger partial charge in [-0.2, -0.15) is 0 Å². The summed E-state index contributed by atoms with van der Waals surface area (Å²) >= 11 is 0. The van der Waals surface area contributed by atoms with Crippen molar-refractivity contribution in [3.05, 3.63) is 253 Å². The van der Waals surface area contributed by atoms with Crippen LogP contribution < -0.4 is 89.7 Å². The van der Waals surface area contributed by atoms with Crippen LogP contribution in [-0.4, -0.2) is 205 Å². The monoisotopic (exact) mass is 1710 g/mol. The number of carbonyl (C=O) groups is 3. The molecule has 0 saturated carbocycles. The van der Waals surface area contributed by atoms with Gasteiger partial charge in [-0.15, -0.1) is 12.8 Å². The smallest absolute Gasteiger partial charge is 0.332 e. The second-order valence-electron chi connectivity index (χ2n) is 30.2. The highest BCUT2D eigenvalue weighted by Gasteiger charge is 2.30. The van der Waals surface area contributed by atoms with E-state index in [1.165, 1.54) is 45.8 Å². The molecule has 30 heteroatoms. The molecule has 0 unspecified atom stereocenters. The first-order valence-electron chi connectivity index (χ1n) is 41.3. The van der Waals surface area contributed by atoms with Gasteiger partial charge in [0.2, 0.25) is 0 Å². The molecule has 0 spiro atoms. The van der Waals surface area contributed by atoms with Gasteiger partial charge < -0.3 is 89.7 Å². The Labute approximate surface area is 741 Å². The summed E-state index contributed by atoms with van der Waals surface area (Å²) in [6, 6.07) is 64.4. The van der Waals surface area contributed by atoms with Gasteiger partial charge in [-0.05, 0) is 211 Å². The third-order valence-electron chi connectivity index (χ3n) is 21.7. The number of carbonyl (C=O) groups excluding carboxylic acids is 3. The summed E-state index contributed by atoms with van der Waals surface area (Å²) in [5, 5.41) is 19.0. The van der Waals surface area contributed by atoms with Gasteiger partial charge in [0.1, 0.15) is 87.9 Å². The van der Waals surface area contributed by atoms with Crippen molar-refractivity contribution >= 4 is 121 Å². The van der Waals surface area contributed by atoms with Gasteiger partial charge in [0.25, 0.3) is 0 Å². The summed E-state index contributed by atoms with van der Waals surface area (Å²) in [4.78, 5) is 87.1. The van der Waals surface area contributed by atoms with E-state index in [0.717, 1.165) is 118 Å². The number of ether oxygens (including phenoxy) is 6. The lowest BCUT2D eigenvalue weighted by Crippen LogP contribution is -2.44. The SMILES string of the molecule is C#Cc1ccc(NC(=O)N(c2cc(Nc3ccc(N4CCN(C)CC4)cc3)ncn2)c2ccc(OC)cc2OC)cc1.C#Cc1ccc(NC(=O)N(c2ccc(N3CCN(C)CC3)cc2)c2cc(Nc3ccc(OC)cc3OC)ncn2)cc1.COc1ccc(N(C(=O)Nc2c(C)cccc2C)c2cc(Nc3ccc(N4CCN(C)CC4)cc3)nc(C)n2)c(OC)c1. The van der Waals surface area contributed by atoms with Crippen molar-refractivity contribution in [1.29, 1.82) is 0 Å². The Balaban J connectivity index is 0.000000163. The van der Waals surface area contributed by atoms with Gasteiger partial charge >= 0.3 is 18.1 Å². The van der Waals surface area contributed by atoms with Gasteiger partial charge in [-0.25, -0.2) is 59.0 Å². The van der Waals surface area contributed by atoms with E-state index >= 15 is 0 Å². The lowest BCUT2D eigenvalue weighted by Gasteiger charge is -2.34. The first-order chi connectivity index (χ1) is 61.7. The molecule has 9 aromatic carbocycles. The van der Waals surface area contributed by atoms with E-state index in [9.17, 15) is 14.4 Å². The Morgan fingerprint density at radius 3 is 1.17 bits per heavy atom. The molecule has 6 heterocycles. The third kappa shape index (κ3) is 23.1. The number of hydrogen-bond acceptors (Lipinski definition) is 24. The van der Waals surface area contributed by atoms with Crippen molar-refractivity contribution in [3.63, 3.8) is 0 Å². The van der Waals surface area contributed by atoms with Crippen molar-refractivity contribution in [3.8, 4) is 59.2 Å². The fourth-order valence-electron chi connectivity index (χ4n) is 14.5. The van der Waals surface area contributed by atoms with E-state index < -0.39 is 6.03 Å². The molecule has 0 bridgehead atoms. The predicted octanol–water partition coefficient (Wildman–Crippen LogP) is 17.0. The van der Waals surface area contributed by atoms with E-state index in [1.54, 1.807) is 152 Å². The number of amides is 6. The summed E-state index contributed by atoms with van der Waals surface area (Å²) in [6.45, 7) is 17.8. The fourth-order valence-corrected chi connectivity index (χ4v) is 14.5. The Hall–Kier alpha value is -15.4. The highest BCUT2D eigenvalue weighted by atomic mass is 16.5. The largest absolute Gasteiger partial charge is 0.497 e. The molecule has 652 valence electrons. The molecule has 15 rings (SSSR count). The van der Waals surface area contributed by atoms with Crippen LogP contribution in [0.2, 0.25) is 0 Å². The topological polar surface area (TPSA) is 285 Å². The highest BCUT2D eigenvalue weighted by Crippen LogP contribution is 2.41. The molecule has 0 aliphatic carbocycles. The average molecular weight is 1710 g/mol. The van der Waals surface area contributed by atoms with Crippen molar-refractivity contribution in [2.24, 2.45) is 0 Å². The number of rotatable bonds is 24. The van der Waals surface area contributed by atoms with Crippen LogP contribution in [0.1, 0.15) is 28.1 Å². The van der Waals surface area contributed by atoms with Crippen molar-refractivity contribution in [2.75, 3.05) is 204 Å². The molecule has 3 fully saturated rings. The molecular formula is C97H105N21O9. The van der Waals surface area contributed by atoms with E-state index in [1.807, 2.05) is 92.7 Å². The van der Waals surface area contributed by atoms with Gasteiger partial charge in [-0.1, -0.05) is 30.0 Å². The molecule has 127 heavy (non-hydrogen) atoms. The summed E-state index contributed by atoms with van der Waals surface area (Å²) in [5.41, 5.74) is 12.8. The minimum absolute atomic E-state index is 0.336. The number of para-hydroxylation sites is 1. The first-order valence-corrected chi connectivity index (χ1v) is 41.3. The lowest BCUT2D eigenvalue weighted by molar-refractivity contribution is 0.258. The maximum Gasteiger partial charge on any atom is 0.332 e. The van der Waals surface area contributed by atoms with Gasteiger partial charge in [0.05, 0.1) is 65.4 Å². The molecule has 0 radical (unpaired) electrons. The predicted molar refractivity (Wildman–Crippen MR) is 506 cm³/mol.